The van der Waals surface area contributed by atoms with Crippen molar-refractivity contribution >= 4 is 23.5 Å². The van der Waals surface area contributed by atoms with Gasteiger partial charge in [-0.1, -0.05) is 0 Å². The summed E-state index contributed by atoms with van der Waals surface area (Å²) in [6, 6.07) is -1.27. The second-order valence-corrected chi connectivity index (χ2v) is 4.72. The van der Waals surface area contributed by atoms with Crippen molar-refractivity contribution in [1.82, 2.24) is 10.9 Å². The third-order valence-electron chi connectivity index (χ3n) is 3.01. The van der Waals surface area contributed by atoms with E-state index in [2.05, 4.69) is 21.1 Å². The number of hydrogen-bond donors (Lipinski definition) is 4. The molecule has 0 saturated heterocycles. The SMILES string of the molecule is NC(=O)NN=C1CCCCC(=NNC(N)=O)CCCC1. The molecule has 0 spiro atoms. The van der Waals surface area contributed by atoms with Gasteiger partial charge in [0.1, 0.15) is 0 Å². The van der Waals surface area contributed by atoms with E-state index >= 15 is 0 Å². The molecule has 0 heterocycles. The van der Waals surface area contributed by atoms with E-state index in [-0.39, 0.29) is 0 Å². The molecule has 6 N–H and O–H groups in total. The molecule has 1 fully saturated rings. The molecule has 20 heavy (non-hydrogen) atoms. The van der Waals surface area contributed by atoms with Gasteiger partial charge in [0, 0.05) is 11.4 Å². The molecule has 0 aromatic carbocycles. The number of amides is 4. The lowest BCUT2D eigenvalue weighted by atomic mass is 9.98. The molecule has 8 heteroatoms. The second-order valence-electron chi connectivity index (χ2n) is 4.72. The molecule has 8 nitrogen and oxygen atoms in total. The van der Waals surface area contributed by atoms with Crippen LogP contribution in [-0.4, -0.2) is 23.5 Å². The van der Waals surface area contributed by atoms with Gasteiger partial charge in [0.15, 0.2) is 0 Å². The summed E-state index contributed by atoms with van der Waals surface area (Å²) in [6.45, 7) is 0. The third-order valence-corrected chi connectivity index (χ3v) is 3.01. The number of urea groups is 2. The van der Waals surface area contributed by atoms with Crippen molar-refractivity contribution in [2.45, 2.75) is 51.4 Å². The first-order chi connectivity index (χ1) is 9.58. The summed E-state index contributed by atoms with van der Waals surface area (Å²) in [5.41, 5.74) is 16.5. The Labute approximate surface area is 118 Å². The maximum Gasteiger partial charge on any atom is 0.332 e. The number of carbonyl (C=O) groups excluding carboxylic acids is 2. The molecule has 0 aromatic rings. The molecule has 0 radical (unpaired) electrons. The van der Waals surface area contributed by atoms with Crippen LogP contribution in [0.25, 0.3) is 0 Å². The zero-order valence-corrected chi connectivity index (χ0v) is 11.5. The van der Waals surface area contributed by atoms with Gasteiger partial charge >= 0.3 is 12.1 Å². The molecule has 0 unspecified atom stereocenters. The smallest absolute Gasteiger partial charge is 0.332 e. The molecule has 0 atom stereocenters. The first-order valence-electron chi connectivity index (χ1n) is 6.79. The Hall–Kier alpha value is -2.12. The van der Waals surface area contributed by atoms with Crippen LogP contribution in [0.4, 0.5) is 9.59 Å². The minimum absolute atomic E-state index is 0.637. The van der Waals surface area contributed by atoms with Gasteiger partial charge in [-0.15, -0.1) is 0 Å². The molecule has 1 rings (SSSR count). The van der Waals surface area contributed by atoms with Crippen molar-refractivity contribution in [2.24, 2.45) is 21.7 Å². The number of nitrogens with zero attached hydrogens (tertiary/aromatic N) is 2. The van der Waals surface area contributed by atoms with E-state index in [0.29, 0.717) is 0 Å². The van der Waals surface area contributed by atoms with Crippen LogP contribution in [0.1, 0.15) is 51.4 Å². The predicted octanol–water partition coefficient (Wildman–Crippen LogP) is 1.17. The summed E-state index contributed by atoms with van der Waals surface area (Å²) in [5.74, 6) is 0. The van der Waals surface area contributed by atoms with Crippen LogP contribution >= 0.6 is 0 Å². The Morgan fingerprint density at radius 2 is 1.05 bits per heavy atom. The Morgan fingerprint density at radius 1 is 0.750 bits per heavy atom. The fourth-order valence-electron chi connectivity index (χ4n) is 2.06. The summed E-state index contributed by atoms with van der Waals surface area (Å²) in [4.78, 5) is 21.3. The van der Waals surface area contributed by atoms with Crippen molar-refractivity contribution in [1.29, 1.82) is 0 Å². The van der Waals surface area contributed by atoms with Gasteiger partial charge in [-0.3, -0.25) is 0 Å². The van der Waals surface area contributed by atoms with E-state index in [1.165, 1.54) is 0 Å². The molecule has 0 aromatic heterocycles. The van der Waals surface area contributed by atoms with Gasteiger partial charge in [0.05, 0.1) is 0 Å². The Kier molecular flexibility index (Phi) is 7.08. The number of nitrogens with one attached hydrogen (secondary N) is 2. The lowest BCUT2D eigenvalue weighted by Gasteiger charge is -2.11. The normalized spacial score (nSPS) is 17.0. The number of nitrogens with two attached hydrogens (primary N) is 2. The van der Waals surface area contributed by atoms with Gasteiger partial charge in [0.25, 0.3) is 0 Å². The van der Waals surface area contributed by atoms with Crippen LogP contribution in [0.3, 0.4) is 0 Å². The number of carbonyl (C=O) groups is 2. The summed E-state index contributed by atoms with van der Waals surface area (Å²) in [7, 11) is 0. The minimum Gasteiger partial charge on any atom is -0.350 e. The van der Waals surface area contributed by atoms with E-state index in [4.69, 9.17) is 11.5 Å². The standard InChI is InChI=1S/C12H22N6O2/c13-11(19)17-15-9-5-1-2-6-10(8-4-3-7-9)16-18-12(14)20/h1-8H2,(H3,13,17,19)(H3,14,18,20). The van der Waals surface area contributed by atoms with Crippen molar-refractivity contribution in [3.8, 4) is 0 Å². The van der Waals surface area contributed by atoms with Crippen LogP contribution in [0, 0.1) is 0 Å². The number of rotatable bonds is 2. The van der Waals surface area contributed by atoms with E-state index in [0.717, 1.165) is 62.8 Å². The second kappa shape index (κ2) is 8.89. The van der Waals surface area contributed by atoms with Crippen molar-refractivity contribution in [2.75, 3.05) is 0 Å². The first kappa shape index (κ1) is 15.9. The fourth-order valence-corrected chi connectivity index (χ4v) is 2.06. The molecule has 1 saturated carbocycles. The van der Waals surface area contributed by atoms with Gasteiger partial charge < -0.3 is 11.5 Å². The highest BCUT2D eigenvalue weighted by molar-refractivity contribution is 5.87. The predicted molar refractivity (Wildman–Crippen MR) is 77.2 cm³/mol. The van der Waals surface area contributed by atoms with E-state index in [9.17, 15) is 9.59 Å². The highest BCUT2D eigenvalue weighted by Crippen LogP contribution is 2.14. The summed E-state index contributed by atoms with van der Waals surface area (Å²) < 4.78 is 0. The average Bonchev–Trinajstić information content (AvgIpc) is 2.40. The fraction of sp³-hybridized carbons (Fsp3) is 0.667. The van der Waals surface area contributed by atoms with Crippen LogP contribution in [0.2, 0.25) is 0 Å². The number of hydrazone groups is 2. The lowest BCUT2D eigenvalue weighted by molar-refractivity contribution is 0.248. The maximum absolute atomic E-state index is 10.6. The van der Waals surface area contributed by atoms with E-state index in [1.807, 2.05) is 0 Å². The molecule has 4 amide bonds. The molecule has 112 valence electrons. The van der Waals surface area contributed by atoms with Crippen molar-refractivity contribution < 1.29 is 9.59 Å². The first-order valence-corrected chi connectivity index (χ1v) is 6.79. The maximum atomic E-state index is 10.6. The van der Waals surface area contributed by atoms with Gasteiger partial charge in [-0.25, -0.2) is 20.4 Å². The average molecular weight is 282 g/mol. The third kappa shape index (κ3) is 7.34. The van der Waals surface area contributed by atoms with Gasteiger partial charge in [-0.2, -0.15) is 10.2 Å². The zero-order valence-electron chi connectivity index (χ0n) is 11.5. The highest BCUT2D eigenvalue weighted by Gasteiger charge is 2.08. The Balaban J connectivity index is 2.47. The molecular weight excluding hydrogens is 260 g/mol. The van der Waals surface area contributed by atoms with Crippen LogP contribution in [-0.2, 0) is 0 Å². The molecule has 0 aliphatic heterocycles. The lowest BCUT2D eigenvalue weighted by Crippen LogP contribution is -2.26. The Morgan fingerprint density at radius 3 is 1.30 bits per heavy atom. The Bertz CT molecular complexity index is 351. The highest BCUT2D eigenvalue weighted by atomic mass is 16.2. The monoisotopic (exact) mass is 282 g/mol. The van der Waals surface area contributed by atoms with E-state index < -0.39 is 12.1 Å². The quantitative estimate of drug-likeness (QED) is 0.565. The number of primary amides is 2. The van der Waals surface area contributed by atoms with E-state index in [1.54, 1.807) is 0 Å². The molecular formula is C12H22N6O2. The molecule has 1 aliphatic rings. The molecule has 0 bridgehead atoms. The van der Waals surface area contributed by atoms with Crippen molar-refractivity contribution in [3.63, 3.8) is 0 Å². The molecule has 1 aliphatic carbocycles. The topological polar surface area (TPSA) is 135 Å². The minimum atomic E-state index is -0.637. The van der Waals surface area contributed by atoms with Crippen LogP contribution in [0.15, 0.2) is 10.2 Å². The zero-order chi connectivity index (χ0) is 14.8. The van der Waals surface area contributed by atoms with Crippen LogP contribution < -0.4 is 22.3 Å². The number of hydrogen-bond acceptors (Lipinski definition) is 4. The van der Waals surface area contributed by atoms with Gasteiger partial charge in [-0.05, 0) is 51.4 Å². The summed E-state index contributed by atoms with van der Waals surface area (Å²) in [5, 5.41) is 8.05. The van der Waals surface area contributed by atoms with Gasteiger partial charge in [0.2, 0.25) is 0 Å². The van der Waals surface area contributed by atoms with Crippen molar-refractivity contribution in [3.05, 3.63) is 0 Å². The summed E-state index contributed by atoms with van der Waals surface area (Å²) >= 11 is 0. The van der Waals surface area contributed by atoms with Crippen LogP contribution in [0.5, 0.6) is 0 Å². The largest absolute Gasteiger partial charge is 0.350 e. The summed E-state index contributed by atoms with van der Waals surface area (Å²) in [6.07, 6.45) is 7.13.